The Balaban J connectivity index is 1.89. The van der Waals surface area contributed by atoms with Crippen molar-refractivity contribution >= 4 is 22.9 Å². The second-order valence-corrected chi connectivity index (χ2v) is 7.77. The van der Waals surface area contributed by atoms with Gasteiger partial charge < -0.3 is 19.3 Å². The molecule has 0 bridgehead atoms. The van der Waals surface area contributed by atoms with E-state index >= 15 is 0 Å². The predicted octanol–water partition coefficient (Wildman–Crippen LogP) is 2.81. The van der Waals surface area contributed by atoms with Crippen molar-refractivity contribution < 1.29 is 28.2 Å². The Morgan fingerprint density at radius 1 is 1.18 bits per heavy atom. The lowest BCUT2D eigenvalue weighted by atomic mass is 10.0. The maximum absolute atomic E-state index is 14.3. The topological polar surface area (TPSA) is 102 Å². The summed E-state index contributed by atoms with van der Waals surface area (Å²) in [5.41, 5.74) is -1.17. The van der Waals surface area contributed by atoms with Crippen LogP contribution in [0.1, 0.15) is 35.2 Å². The molecular formula is C23H21F2N3O5. The van der Waals surface area contributed by atoms with E-state index in [1.807, 2.05) is 0 Å². The molecule has 0 saturated carbocycles. The molecule has 1 fully saturated rings. The lowest BCUT2D eigenvalue weighted by Crippen LogP contribution is -2.49. The van der Waals surface area contributed by atoms with Gasteiger partial charge in [0.2, 0.25) is 11.3 Å². The average Bonchev–Trinajstić information content (AvgIpc) is 2.82. The number of amides is 1. The highest BCUT2D eigenvalue weighted by atomic mass is 19.1. The summed E-state index contributed by atoms with van der Waals surface area (Å²) in [5.74, 6) is -3.36. The van der Waals surface area contributed by atoms with Crippen LogP contribution < -0.4 is 10.2 Å². The van der Waals surface area contributed by atoms with Gasteiger partial charge in [-0.25, -0.2) is 18.6 Å². The number of carbonyl (C=O) groups is 2. The van der Waals surface area contributed by atoms with Crippen LogP contribution >= 0.6 is 0 Å². The summed E-state index contributed by atoms with van der Waals surface area (Å²) in [4.78, 5) is 43.5. The van der Waals surface area contributed by atoms with Crippen molar-refractivity contribution in [2.75, 3.05) is 13.7 Å². The summed E-state index contributed by atoms with van der Waals surface area (Å²) in [6.07, 6.45) is 2.73. The van der Waals surface area contributed by atoms with E-state index in [0.717, 1.165) is 17.0 Å². The number of carboxylic acids is 1. The smallest absolute Gasteiger partial charge is 0.326 e. The molecule has 3 heterocycles. The highest BCUT2D eigenvalue weighted by Gasteiger charge is 2.34. The highest BCUT2D eigenvalue weighted by molar-refractivity contribution is 5.98. The molecule has 1 atom stereocenters. The van der Waals surface area contributed by atoms with Gasteiger partial charge in [0.1, 0.15) is 28.8 Å². The zero-order chi connectivity index (χ0) is 23.7. The zero-order valence-electron chi connectivity index (χ0n) is 17.8. The van der Waals surface area contributed by atoms with Crippen LogP contribution in [0, 0.1) is 11.6 Å². The molecule has 10 heteroatoms. The molecule has 33 heavy (non-hydrogen) atoms. The minimum atomic E-state index is -1.16. The largest absolute Gasteiger partial charge is 0.481 e. The number of carboxylic acid groups (broad SMARTS) is 1. The first-order valence-corrected chi connectivity index (χ1v) is 10.4. The molecule has 1 unspecified atom stereocenters. The van der Waals surface area contributed by atoms with Gasteiger partial charge in [-0.15, -0.1) is 0 Å². The third kappa shape index (κ3) is 4.15. The first-order valence-electron chi connectivity index (χ1n) is 10.4. The number of carbonyl (C=O) groups excluding carboxylic acids is 1. The van der Waals surface area contributed by atoms with Crippen molar-refractivity contribution in [2.24, 2.45) is 0 Å². The number of aromatic nitrogens is 2. The Bertz CT molecular complexity index is 1290. The first kappa shape index (κ1) is 22.4. The number of piperidine rings is 1. The van der Waals surface area contributed by atoms with E-state index in [1.54, 1.807) is 0 Å². The van der Waals surface area contributed by atoms with E-state index in [9.17, 15) is 28.3 Å². The maximum Gasteiger partial charge on any atom is 0.326 e. The van der Waals surface area contributed by atoms with E-state index in [0.29, 0.717) is 12.8 Å². The number of halogens is 2. The van der Waals surface area contributed by atoms with Crippen molar-refractivity contribution in [3.8, 4) is 5.88 Å². The average molecular weight is 457 g/mol. The quantitative estimate of drug-likeness (QED) is 0.632. The van der Waals surface area contributed by atoms with Crippen LogP contribution in [0.2, 0.25) is 0 Å². The fourth-order valence-corrected chi connectivity index (χ4v) is 4.08. The number of likely N-dealkylation sites (tertiary alicyclic amines) is 1. The van der Waals surface area contributed by atoms with Gasteiger partial charge in [0.25, 0.3) is 5.91 Å². The van der Waals surface area contributed by atoms with Crippen molar-refractivity contribution in [3.05, 3.63) is 69.5 Å². The van der Waals surface area contributed by atoms with Gasteiger partial charge in [-0.1, -0.05) is 6.07 Å². The Morgan fingerprint density at radius 2 is 1.91 bits per heavy atom. The van der Waals surface area contributed by atoms with Gasteiger partial charge in [0, 0.05) is 24.4 Å². The van der Waals surface area contributed by atoms with E-state index in [4.69, 9.17) is 4.74 Å². The van der Waals surface area contributed by atoms with E-state index in [-0.39, 0.29) is 47.6 Å². The fraction of sp³-hybridized carbons (Fsp3) is 0.304. The van der Waals surface area contributed by atoms with Crippen molar-refractivity contribution in [1.82, 2.24) is 14.5 Å². The maximum atomic E-state index is 14.3. The van der Waals surface area contributed by atoms with E-state index in [1.165, 1.54) is 36.1 Å². The molecule has 0 radical (unpaired) electrons. The van der Waals surface area contributed by atoms with E-state index < -0.39 is 35.0 Å². The van der Waals surface area contributed by atoms with Gasteiger partial charge in [0.05, 0.1) is 19.2 Å². The molecule has 172 valence electrons. The van der Waals surface area contributed by atoms with Gasteiger partial charge in [-0.2, -0.15) is 0 Å². The second kappa shape index (κ2) is 8.97. The van der Waals surface area contributed by atoms with Crippen LogP contribution in [0.3, 0.4) is 0 Å². The number of benzene rings is 1. The zero-order valence-corrected chi connectivity index (χ0v) is 17.8. The summed E-state index contributed by atoms with van der Waals surface area (Å²) >= 11 is 0. The number of fused-ring (bicyclic) bond motifs is 1. The number of nitrogens with zero attached hydrogens (tertiary/aromatic N) is 3. The summed E-state index contributed by atoms with van der Waals surface area (Å²) in [6, 6.07) is 5.40. The number of ether oxygens (including phenoxy) is 1. The molecule has 1 amide bonds. The number of aliphatic carboxylic acids is 1. The minimum Gasteiger partial charge on any atom is -0.481 e. The van der Waals surface area contributed by atoms with Crippen LogP contribution in [0.15, 0.2) is 41.3 Å². The van der Waals surface area contributed by atoms with Crippen LogP contribution in [0.5, 0.6) is 5.88 Å². The lowest BCUT2D eigenvalue weighted by Gasteiger charge is -2.33. The lowest BCUT2D eigenvalue weighted by molar-refractivity contribution is -0.143. The van der Waals surface area contributed by atoms with E-state index in [2.05, 4.69) is 4.98 Å². The molecule has 1 N–H and O–H groups in total. The minimum absolute atomic E-state index is 0.120. The van der Waals surface area contributed by atoms with Crippen LogP contribution in [0.25, 0.3) is 11.0 Å². The standard InChI is InChI=1S/C23H21F2N3O5/c1-33-19-9-8-17-20(26-19)21(29)14(22(30)28-10-3-2-7-18(28)23(31)32)12-27(17)11-13-15(24)5-4-6-16(13)25/h4-6,8-9,12,18H,2-3,7,10-11H2,1H3,(H,31,32). The molecule has 0 spiro atoms. The number of hydrogen-bond acceptors (Lipinski definition) is 5. The number of methoxy groups -OCH3 is 1. The Kier molecular flexibility index (Phi) is 6.08. The van der Waals surface area contributed by atoms with Crippen LogP contribution in [-0.2, 0) is 11.3 Å². The molecule has 1 saturated heterocycles. The molecule has 1 aromatic carbocycles. The molecule has 2 aromatic heterocycles. The van der Waals surface area contributed by atoms with Crippen molar-refractivity contribution in [1.29, 1.82) is 0 Å². The van der Waals surface area contributed by atoms with Crippen LogP contribution in [-0.4, -0.2) is 51.1 Å². The molecule has 1 aliphatic rings. The third-order valence-electron chi connectivity index (χ3n) is 5.78. The van der Waals surface area contributed by atoms with Crippen LogP contribution in [0.4, 0.5) is 8.78 Å². The molecule has 3 aromatic rings. The normalized spacial score (nSPS) is 16.1. The first-order chi connectivity index (χ1) is 15.8. The van der Waals surface area contributed by atoms with Gasteiger partial charge in [0.15, 0.2) is 0 Å². The summed E-state index contributed by atoms with van der Waals surface area (Å²) in [5, 5.41) is 9.53. The molecule has 1 aliphatic heterocycles. The van der Waals surface area contributed by atoms with Gasteiger partial charge in [-0.05, 0) is 37.5 Å². The van der Waals surface area contributed by atoms with Crippen molar-refractivity contribution in [3.63, 3.8) is 0 Å². The Hall–Kier alpha value is -3.82. The molecular weight excluding hydrogens is 436 g/mol. The molecule has 0 aliphatic carbocycles. The summed E-state index contributed by atoms with van der Waals surface area (Å²) in [6.45, 7) is -0.132. The van der Waals surface area contributed by atoms with Gasteiger partial charge in [-0.3, -0.25) is 9.59 Å². The monoisotopic (exact) mass is 457 g/mol. The molecule has 4 rings (SSSR count). The Morgan fingerprint density at radius 3 is 2.58 bits per heavy atom. The third-order valence-corrected chi connectivity index (χ3v) is 5.78. The molecule has 8 nitrogen and oxygen atoms in total. The number of rotatable bonds is 5. The highest BCUT2D eigenvalue weighted by Crippen LogP contribution is 2.22. The second-order valence-electron chi connectivity index (χ2n) is 7.77. The number of hydrogen-bond donors (Lipinski definition) is 1. The van der Waals surface area contributed by atoms with Crippen molar-refractivity contribution in [2.45, 2.75) is 31.8 Å². The Labute approximate surface area is 187 Å². The SMILES string of the molecule is COc1ccc2c(n1)c(=O)c(C(=O)N1CCCCC1C(=O)O)cn2Cc1c(F)cccc1F. The number of pyridine rings is 2. The summed E-state index contributed by atoms with van der Waals surface area (Å²) < 4.78 is 35.1. The summed E-state index contributed by atoms with van der Waals surface area (Å²) in [7, 11) is 1.36. The van der Waals surface area contributed by atoms with Gasteiger partial charge >= 0.3 is 5.97 Å². The fourth-order valence-electron chi connectivity index (χ4n) is 4.08. The predicted molar refractivity (Wildman–Crippen MR) is 114 cm³/mol.